The van der Waals surface area contributed by atoms with E-state index in [1.807, 2.05) is 0 Å². The van der Waals surface area contributed by atoms with E-state index in [2.05, 4.69) is 30.4 Å². The summed E-state index contributed by atoms with van der Waals surface area (Å²) in [6, 6.07) is 10.8. The van der Waals surface area contributed by atoms with Gasteiger partial charge in [0.2, 0.25) is 15.0 Å². The molecule has 0 bridgehead atoms. The first kappa shape index (κ1) is 18.9. The van der Waals surface area contributed by atoms with Crippen LogP contribution in [0, 0.1) is 5.82 Å². The first-order chi connectivity index (χ1) is 14.9. The quantitative estimate of drug-likeness (QED) is 0.392. The van der Waals surface area contributed by atoms with Gasteiger partial charge in [0, 0.05) is 29.8 Å². The number of halogens is 1. The monoisotopic (exact) mass is 436 g/mol. The molecule has 0 atom stereocenters. The molecule has 12 heteroatoms. The zero-order valence-corrected chi connectivity index (χ0v) is 16.8. The number of rotatable bonds is 4. The van der Waals surface area contributed by atoms with E-state index in [0.29, 0.717) is 34.0 Å². The van der Waals surface area contributed by atoms with Crippen molar-refractivity contribution in [2.24, 2.45) is 0 Å². The van der Waals surface area contributed by atoms with Gasteiger partial charge >= 0.3 is 0 Å². The van der Waals surface area contributed by atoms with Crippen LogP contribution in [0.15, 0.2) is 66.3 Å². The fraction of sp³-hybridized carbons (Fsp3) is 0.0526. The van der Waals surface area contributed by atoms with Gasteiger partial charge in [-0.1, -0.05) is 0 Å². The summed E-state index contributed by atoms with van der Waals surface area (Å²) in [5.41, 5.74) is 2.56. The summed E-state index contributed by atoms with van der Waals surface area (Å²) >= 11 is 0. The predicted molar refractivity (Wildman–Crippen MR) is 107 cm³/mol. The summed E-state index contributed by atoms with van der Waals surface area (Å²) in [7, 11) is -3.61. The molecule has 5 rings (SSSR count). The van der Waals surface area contributed by atoms with Gasteiger partial charge in [0.1, 0.15) is 17.8 Å². The van der Waals surface area contributed by atoms with Gasteiger partial charge in [-0.25, -0.2) is 27.5 Å². The lowest BCUT2D eigenvalue weighted by molar-refractivity contribution is 0.593. The topological polar surface area (TPSA) is 121 Å². The third-order valence-electron chi connectivity index (χ3n) is 4.46. The van der Waals surface area contributed by atoms with E-state index in [9.17, 15) is 12.8 Å². The molecule has 4 aromatic heterocycles. The van der Waals surface area contributed by atoms with E-state index in [-0.39, 0.29) is 11.0 Å². The molecule has 0 saturated heterocycles. The predicted octanol–water partition coefficient (Wildman–Crippen LogP) is 1.98. The van der Waals surface area contributed by atoms with Gasteiger partial charge in [0.05, 0.1) is 5.69 Å². The normalized spacial score (nSPS) is 11.8. The van der Waals surface area contributed by atoms with Crippen LogP contribution < -0.4 is 0 Å². The molecule has 0 aliphatic heterocycles. The highest BCUT2D eigenvalue weighted by Crippen LogP contribution is 2.31. The number of aromatic nitrogens is 8. The molecular formula is C19H13FN8O2S. The molecule has 0 fully saturated rings. The van der Waals surface area contributed by atoms with Gasteiger partial charge in [-0.05, 0) is 42.5 Å². The lowest BCUT2D eigenvalue weighted by Gasteiger charge is -2.03. The van der Waals surface area contributed by atoms with Gasteiger partial charge in [0.15, 0.2) is 11.5 Å². The minimum Gasteiger partial charge on any atom is -0.227 e. The molecule has 0 spiro atoms. The highest BCUT2D eigenvalue weighted by Gasteiger charge is 2.19. The Morgan fingerprint density at radius 3 is 2.58 bits per heavy atom. The van der Waals surface area contributed by atoms with Crippen molar-refractivity contribution in [1.82, 2.24) is 39.6 Å². The Hall–Kier alpha value is -4.06. The van der Waals surface area contributed by atoms with Crippen LogP contribution in [0.25, 0.3) is 34.0 Å². The second-order valence-electron chi connectivity index (χ2n) is 6.66. The smallest absolute Gasteiger partial charge is 0.227 e. The van der Waals surface area contributed by atoms with E-state index in [0.717, 1.165) is 6.26 Å². The summed E-state index contributed by atoms with van der Waals surface area (Å²) in [5, 5.41) is 16.5. The first-order valence-corrected chi connectivity index (χ1v) is 10.8. The van der Waals surface area contributed by atoms with Crippen molar-refractivity contribution in [2.75, 3.05) is 6.26 Å². The minimum absolute atomic E-state index is 0.299. The van der Waals surface area contributed by atoms with Crippen LogP contribution in [-0.2, 0) is 9.84 Å². The Morgan fingerprint density at radius 1 is 1.00 bits per heavy atom. The average Bonchev–Trinajstić information content (AvgIpc) is 3.40. The molecule has 0 amide bonds. The van der Waals surface area contributed by atoms with Crippen molar-refractivity contribution >= 4 is 15.5 Å². The summed E-state index contributed by atoms with van der Waals surface area (Å²) < 4.78 is 40.3. The van der Waals surface area contributed by atoms with Crippen molar-refractivity contribution in [2.45, 2.75) is 5.16 Å². The van der Waals surface area contributed by atoms with Crippen LogP contribution in [-0.4, -0.2) is 54.2 Å². The van der Waals surface area contributed by atoms with Gasteiger partial charge in [-0.15, -0.1) is 15.3 Å². The third-order valence-corrected chi connectivity index (χ3v) is 5.32. The van der Waals surface area contributed by atoms with Crippen LogP contribution in [0.2, 0.25) is 0 Å². The van der Waals surface area contributed by atoms with E-state index >= 15 is 0 Å². The third kappa shape index (κ3) is 3.53. The number of nitrogens with zero attached hydrogens (tertiary/aromatic N) is 8. The highest BCUT2D eigenvalue weighted by atomic mass is 32.2. The molecule has 0 unspecified atom stereocenters. The summed E-state index contributed by atoms with van der Waals surface area (Å²) in [4.78, 5) is 8.03. The lowest BCUT2D eigenvalue weighted by Crippen LogP contribution is -2.04. The Morgan fingerprint density at radius 2 is 1.81 bits per heavy atom. The Bertz CT molecular complexity index is 1530. The number of sulfone groups is 1. The van der Waals surface area contributed by atoms with Gasteiger partial charge in [0.25, 0.3) is 0 Å². The molecular weight excluding hydrogens is 423 g/mol. The van der Waals surface area contributed by atoms with Gasteiger partial charge in [-0.2, -0.15) is 9.61 Å². The number of hydrogen-bond donors (Lipinski definition) is 0. The van der Waals surface area contributed by atoms with Crippen LogP contribution in [0.5, 0.6) is 0 Å². The van der Waals surface area contributed by atoms with Gasteiger partial charge in [-0.3, -0.25) is 0 Å². The fourth-order valence-electron chi connectivity index (χ4n) is 3.01. The Balaban J connectivity index is 1.71. The largest absolute Gasteiger partial charge is 0.247 e. The Kier molecular flexibility index (Phi) is 4.29. The molecule has 0 aliphatic rings. The number of fused-ring (bicyclic) bond motifs is 1. The lowest BCUT2D eigenvalue weighted by atomic mass is 10.1. The summed E-state index contributed by atoms with van der Waals surface area (Å²) in [6.07, 6.45) is 5.54. The second kappa shape index (κ2) is 7.02. The molecule has 154 valence electrons. The van der Waals surface area contributed by atoms with Crippen molar-refractivity contribution in [1.29, 1.82) is 0 Å². The number of hydrogen-bond acceptors (Lipinski definition) is 8. The zero-order valence-electron chi connectivity index (χ0n) is 16.0. The molecule has 5 aromatic rings. The van der Waals surface area contributed by atoms with E-state index in [4.69, 9.17) is 0 Å². The molecule has 10 nitrogen and oxygen atoms in total. The van der Waals surface area contributed by atoms with E-state index in [1.54, 1.807) is 36.5 Å². The van der Waals surface area contributed by atoms with Crippen LogP contribution in [0.4, 0.5) is 4.39 Å². The van der Waals surface area contributed by atoms with E-state index in [1.165, 1.54) is 33.9 Å². The molecule has 31 heavy (non-hydrogen) atoms. The van der Waals surface area contributed by atoms with E-state index < -0.39 is 9.84 Å². The maximum Gasteiger partial charge on any atom is 0.247 e. The van der Waals surface area contributed by atoms with Crippen molar-refractivity contribution < 1.29 is 12.8 Å². The highest BCUT2D eigenvalue weighted by molar-refractivity contribution is 7.90. The minimum atomic E-state index is -3.61. The maximum atomic E-state index is 13.5. The van der Waals surface area contributed by atoms with Crippen molar-refractivity contribution in [3.8, 4) is 28.3 Å². The molecule has 0 radical (unpaired) electrons. The molecule has 4 heterocycles. The average molecular weight is 436 g/mol. The van der Waals surface area contributed by atoms with Crippen LogP contribution >= 0.6 is 0 Å². The molecule has 0 saturated carbocycles. The molecule has 1 aromatic carbocycles. The maximum absolute atomic E-state index is 13.5. The standard InChI is InChI=1S/C19H13FN8O2S/c1-31(29,30)19-21-9-8-15(23-19)14-10-27(17-7-6-16-24-22-11-28(16)25-17)26-18(14)12-2-4-13(20)5-3-12/h2-11H,1H3. The number of benzene rings is 1. The van der Waals surface area contributed by atoms with Crippen molar-refractivity contribution in [3.05, 3.63) is 67.0 Å². The molecule has 0 aliphatic carbocycles. The zero-order chi connectivity index (χ0) is 21.6. The van der Waals surface area contributed by atoms with Crippen molar-refractivity contribution in [3.63, 3.8) is 0 Å². The molecule has 0 N–H and O–H groups in total. The SMILES string of the molecule is CS(=O)(=O)c1nccc(-c2cn(-c3ccc4nncn4n3)nc2-c2ccc(F)cc2)n1. The van der Waals surface area contributed by atoms with Gasteiger partial charge < -0.3 is 0 Å². The first-order valence-electron chi connectivity index (χ1n) is 8.95. The summed E-state index contributed by atoms with van der Waals surface area (Å²) in [6.45, 7) is 0. The summed E-state index contributed by atoms with van der Waals surface area (Å²) in [5.74, 6) is 0.0881. The fourth-order valence-corrected chi connectivity index (χ4v) is 3.53. The van der Waals surface area contributed by atoms with Crippen LogP contribution in [0.3, 0.4) is 0 Å². The second-order valence-corrected chi connectivity index (χ2v) is 8.57. The van der Waals surface area contributed by atoms with Crippen LogP contribution in [0.1, 0.15) is 0 Å². The Labute approximate surface area is 175 Å².